The summed E-state index contributed by atoms with van der Waals surface area (Å²) in [5.74, 6) is -0.170. The van der Waals surface area contributed by atoms with E-state index in [1.54, 1.807) is 4.90 Å². The van der Waals surface area contributed by atoms with Gasteiger partial charge in [-0.05, 0) is 71.8 Å². The summed E-state index contributed by atoms with van der Waals surface area (Å²) in [5, 5.41) is 2.94. The van der Waals surface area contributed by atoms with Crippen LogP contribution in [0.5, 0.6) is 0 Å². The summed E-state index contributed by atoms with van der Waals surface area (Å²) >= 11 is 2.22. The number of amides is 2. The third-order valence-electron chi connectivity index (χ3n) is 4.21. The molecule has 1 heterocycles. The van der Waals surface area contributed by atoms with Crippen molar-refractivity contribution in [2.45, 2.75) is 12.8 Å². The third-order valence-corrected chi connectivity index (χ3v) is 4.93. The first kappa shape index (κ1) is 17.0. The highest BCUT2D eigenvalue weighted by Gasteiger charge is 2.28. The summed E-state index contributed by atoms with van der Waals surface area (Å²) in [4.78, 5) is 26.9. The highest BCUT2D eigenvalue weighted by atomic mass is 127. The zero-order valence-corrected chi connectivity index (χ0v) is 15.4. The second-order valence-corrected chi connectivity index (χ2v) is 7.20. The number of piperidine rings is 1. The molecule has 1 N–H and O–H groups in total. The van der Waals surface area contributed by atoms with Gasteiger partial charge in [0, 0.05) is 27.9 Å². The molecule has 5 heteroatoms. The number of carbonyl (C=O) groups is 2. The summed E-state index contributed by atoms with van der Waals surface area (Å²) in [6, 6.07) is 17.0. The monoisotopic (exact) mass is 434 g/mol. The van der Waals surface area contributed by atoms with Gasteiger partial charge in [0.25, 0.3) is 5.91 Å². The highest BCUT2D eigenvalue weighted by Crippen LogP contribution is 2.21. The first-order valence-electron chi connectivity index (χ1n) is 8.04. The molecule has 2 aromatic rings. The Labute approximate surface area is 155 Å². The lowest BCUT2D eigenvalue weighted by Gasteiger charge is -2.32. The van der Waals surface area contributed by atoms with Crippen LogP contribution in [0.1, 0.15) is 23.2 Å². The Hall–Kier alpha value is -1.89. The van der Waals surface area contributed by atoms with E-state index >= 15 is 0 Å². The zero-order chi connectivity index (χ0) is 16.9. The molecule has 1 saturated heterocycles. The van der Waals surface area contributed by atoms with E-state index in [0.29, 0.717) is 18.7 Å². The van der Waals surface area contributed by atoms with Crippen molar-refractivity contribution in [1.82, 2.24) is 4.90 Å². The van der Waals surface area contributed by atoms with E-state index < -0.39 is 0 Å². The molecule has 0 aromatic heterocycles. The zero-order valence-electron chi connectivity index (χ0n) is 13.2. The maximum Gasteiger partial charge on any atom is 0.253 e. The lowest BCUT2D eigenvalue weighted by atomic mass is 9.96. The second kappa shape index (κ2) is 7.79. The number of anilines is 1. The number of carbonyl (C=O) groups excluding carboxylic acids is 2. The van der Waals surface area contributed by atoms with Gasteiger partial charge < -0.3 is 10.2 Å². The predicted molar refractivity (Wildman–Crippen MR) is 103 cm³/mol. The first-order chi connectivity index (χ1) is 11.6. The van der Waals surface area contributed by atoms with Crippen LogP contribution in [0, 0.1) is 9.49 Å². The minimum Gasteiger partial charge on any atom is -0.338 e. The van der Waals surface area contributed by atoms with Crippen molar-refractivity contribution in [2.24, 2.45) is 5.92 Å². The van der Waals surface area contributed by atoms with Crippen LogP contribution < -0.4 is 5.32 Å². The van der Waals surface area contributed by atoms with E-state index in [1.165, 1.54) is 0 Å². The SMILES string of the molecule is O=C(Nc1ccccc1)C1CCCN(C(=O)c2ccc(I)cc2)C1. The van der Waals surface area contributed by atoms with Gasteiger partial charge in [0.15, 0.2) is 0 Å². The van der Waals surface area contributed by atoms with E-state index in [2.05, 4.69) is 27.9 Å². The quantitative estimate of drug-likeness (QED) is 0.748. The van der Waals surface area contributed by atoms with Gasteiger partial charge in [0.1, 0.15) is 0 Å². The molecule has 4 nitrogen and oxygen atoms in total. The fraction of sp³-hybridized carbons (Fsp3) is 0.263. The van der Waals surface area contributed by atoms with Crippen molar-refractivity contribution in [3.63, 3.8) is 0 Å². The van der Waals surface area contributed by atoms with Crippen LogP contribution in [0.25, 0.3) is 0 Å². The number of benzene rings is 2. The molecule has 0 aliphatic carbocycles. The first-order valence-corrected chi connectivity index (χ1v) is 9.12. The highest BCUT2D eigenvalue weighted by molar-refractivity contribution is 14.1. The molecule has 2 amide bonds. The van der Waals surface area contributed by atoms with E-state index in [4.69, 9.17) is 0 Å². The summed E-state index contributed by atoms with van der Waals surface area (Å²) in [7, 11) is 0. The molecule has 0 saturated carbocycles. The predicted octanol–water partition coefficient (Wildman–Crippen LogP) is 3.78. The number of hydrogen-bond acceptors (Lipinski definition) is 2. The number of hydrogen-bond donors (Lipinski definition) is 1. The second-order valence-electron chi connectivity index (χ2n) is 5.95. The number of likely N-dealkylation sites (tertiary alicyclic amines) is 1. The Kier molecular flexibility index (Phi) is 5.50. The van der Waals surface area contributed by atoms with Gasteiger partial charge in [0.2, 0.25) is 5.91 Å². The fourth-order valence-electron chi connectivity index (χ4n) is 2.92. The minimum atomic E-state index is -0.160. The summed E-state index contributed by atoms with van der Waals surface area (Å²) in [5.41, 5.74) is 1.48. The molecule has 0 spiro atoms. The number of para-hydroxylation sites is 1. The van der Waals surface area contributed by atoms with Gasteiger partial charge in [-0.25, -0.2) is 0 Å². The van der Waals surface area contributed by atoms with Crippen molar-refractivity contribution >= 4 is 40.1 Å². The molecule has 2 aromatic carbocycles. The van der Waals surface area contributed by atoms with Gasteiger partial charge in [-0.3, -0.25) is 9.59 Å². The molecule has 1 aliphatic heterocycles. The van der Waals surface area contributed by atoms with E-state index in [-0.39, 0.29) is 17.7 Å². The average molecular weight is 434 g/mol. The smallest absolute Gasteiger partial charge is 0.253 e. The Morgan fingerprint density at radius 1 is 1.04 bits per heavy atom. The number of halogens is 1. The summed E-state index contributed by atoms with van der Waals surface area (Å²) < 4.78 is 1.10. The Morgan fingerprint density at radius 3 is 2.46 bits per heavy atom. The van der Waals surface area contributed by atoms with Crippen LogP contribution in [0.2, 0.25) is 0 Å². The fourth-order valence-corrected chi connectivity index (χ4v) is 3.28. The molecule has 3 rings (SSSR count). The van der Waals surface area contributed by atoms with Crippen molar-refractivity contribution in [3.8, 4) is 0 Å². The van der Waals surface area contributed by atoms with Crippen LogP contribution in [0.4, 0.5) is 5.69 Å². The topological polar surface area (TPSA) is 49.4 Å². The van der Waals surface area contributed by atoms with Crippen LogP contribution in [-0.4, -0.2) is 29.8 Å². The number of nitrogens with zero attached hydrogens (tertiary/aromatic N) is 1. The number of nitrogens with one attached hydrogen (secondary N) is 1. The van der Waals surface area contributed by atoms with E-state index in [1.807, 2.05) is 54.6 Å². The molecule has 1 unspecified atom stereocenters. The normalized spacial score (nSPS) is 17.4. The molecule has 1 atom stereocenters. The third kappa shape index (κ3) is 4.14. The van der Waals surface area contributed by atoms with Gasteiger partial charge in [-0.2, -0.15) is 0 Å². The van der Waals surface area contributed by atoms with Crippen LogP contribution in [0.15, 0.2) is 54.6 Å². The van der Waals surface area contributed by atoms with Crippen LogP contribution in [-0.2, 0) is 4.79 Å². The molecular formula is C19H19IN2O2. The Bertz CT molecular complexity index is 716. The largest absolute Gasteiger partial charge is 0.338 e. The lowest BCUT2D eigenvalue weighted by Crippen LogP contribution is -2.43. The average Bonchev–Trinajstić information content (AvgIpc) is 2.63. The standard InChI is InChI=1S/C19H19IN2O2/c20-16-10-8-14(9-11-16)19(24)22-12-4-5-15(13-22)18(23)21-17-6-2-1-3-7-17/h1-3,6-11,15H,4-5,12-13H2,(H,21,23). The molecule has 1 aliphatic rings. The van der Waals surface area contributed by atoms with E-state index in [9.17, 15) is 9.59 Å². The van der Waals surface area contributed by atoms with Gasteiger partial charge in [-0.1, -0.05) is 18.2 Å². The Balaban J connectivity index is 1.64. The Morgan fingerprint density at radius 2 is 1.75 bits per heavy atom. The maximum absolute atomic E-state index is 12.6. The molecule has 24 heavy (non-hydrogen) atoms. The van der Waals surface area contributed by atoms with Gasteiger partial charge in [-0.15, -0.1) is 0 Å². The van der Waals surface area contributed by atoms with Crippen molar-refractivity contribution in [2.75, 3.05) is 18.4 Å². The van der Waals surface area contributed by atoms with Crippen molar-refractivity contribution in [1.29, 1.82) is 0 Å². The molecule has 1 fully saturated rings. The molecular weight excluding hydrogens is 415 g/mol. The minimum absolute atomic E-state index is 0.00334. The van der Waals surface area contributed by atoms with Gasteiger partial charge in [0.05, 0.1) is 5.92 Å². The van der Waals surface area contributed by atoms with Gasteiger partial charge >= 0.3 is 0 Å². The molecule has 0 radical (unpaired) electrons. The van der Waals surface area contributed by atoms with Crippen LogP contribution >= 0.6 is 22.6 Å². The van der Waals surface area contributed by atoms with Crippen LogP contribution in [0.3, 0.4) is 0 Å². The molecule has 124 valence electrons. The summed E-state index contributed by atoms with van der Waals surface area (Å²) in [6.45, 7) is 1.18. The lowest BCUT2D eigenvalue weighted by molar-refractivity contribution is -0.121. The van der Waals surface area contributed by atoms with Crippen molar-refractivity contribution < 1.29 is 9.59 Å². The maximum atomic E-state index is 12.6. The number of rotatable bonds is 3. The summed E-state index contributed by atoms with van der Waals surface area (Å²) in [6.07, 6.45) is 1.66. The van der Waals surface area contributed by atoms with Crippen molar-refractivity contribution in [3.05, 3.63) is 63.7 Å². The molecule has 0 bridgehead atoms. The van der Waals surface area contributed by atoms with E-state index in [0.717, 1.165) is 22.1 Å².